The lowest BCUT2D eigenvalue weighted by molar-refractivity contribution is -0.137. The van der Waals surface area contributed by atoms with Crippen LogP contribution in [0.25, 0.3) is 0 Å². The Hall–Kier alpha value is -1.06. The summed E-state index contributed by atoms with van der Waals surface area (Å²) in [6, 6.07) is 0. The number of nitrogens with two attached hydrogens (primary N) is 1. The third-order valence-electron chi connectivity index (χ3n) is 5.48. The molecule has 2 fully saturated rings. The molecule has 0 unspecified atom stereocenters. The van der Waals surface area contributed by atoms with E-state index in [1.54, 1.807) is 0 Å². The predicted molar refractivity (Wildman–Crippen MR) is 69.6 cm³/mol. The Morgan fingerprint density at radius 3 is 1.83 bits per heavy atom. The first-order valence-electron chi connectivity index (χ1n) is 6.77. The van der Waals surface area contributed by atoms with E-state index in [1.165, 1.54) is 0 Å². The molecule has 1 aliphatic carbocycles. The van der Waals surface area contributed by atoms with Gasteiger partial charge in [0.15, 0.2) is 0 Å². The van der Waals surface area contributed by atoms with Crippen LogP contribution in [0, 0.1) is 22.7 Å². The summed E-state index contributed by atoms with van der Waals surface area (Å²) in [4.78, 5) is 25.5. The Labute approximate surface area is 109 Å². The molecule has 0 aromatic carbocycles. The molecule has 4 heteroatoms. The third kappa shape index (κ3) is 1.82. The summed E-state index contributed by atoms with van der Waals surface area (Å²) in [6.45, 7) is 9.99. The number of amides is 2. The highest BCUT2D eigenvalue weighted by molar-refractivity contribution is 5.84. The fourth-order valence-electron chi connectivity index (χ4n) is 3.38. The van der Waals surface area contributed by atoms with E-state index in [-0.39, 0.29) is 34.5 Å². The summed E-state index contributed by atoms with van der Waals surface area (Å²) in [5.41, 5.74) is 5.48. The van der Waals surface area contributed by atoms with Crippen molar-refractivity contribution in [3.05, 3.63) is 0 Å². The van der Waals surface area contributed by atoms with Gasteiger partial charge in [-0.15, -0.1) is 0 Å². The molecular weight excluding hydrogens is 228 g/mol. The van der Waals surface area contributed by atoms with E-state index >= 15 is 0 Å². The van der Waals surface area contributed by atoms with Gasteiger partial charge in [0, 0.05) is 24.9 Å². The van der Waals surface area contributed by atoms with Crippen molar-refractivity contribution in [1.29, 1.82) is 0 Å². The largest absolute Gasteiger partial charge is 0.369 e. The summed E-state index contributed by atoms with van der Waals surface area (Å²) < 4.78 is 0. The number of hydrogen-bond acceptors (Lipinski definition) is 2. The minimum absolute atomic E-state index is 0.0470. The first-order valence-corrected chi connectivity index (χ1v) is 6.77. The topological polar surface area (TPSA) is 63.4 Å². The number of hydrogen-bond donors (Lipinski definition) is 1. The lowest BCUT2D eigenvalue weighted by Crippen LogP contribution is -2.43. The van der Waals surface area contributed by atoms with Gasteiger partial charge in [-0.2, -0.15) is 0 Å². The van der Waals surface area contributed by atoms with Crippen molar-refractivity contribution in [1.82, 2.24) is 4.90 Å². The maximum Gasteiger partial charge on any atom is 0.226 e. The zero-order valence-corrected chi connectivity index (χ0v) is 11.8. The van der Waals surface area contributed by atoms with Crippen LogP contribution in [0.4, 0.5) is 0 Å². The Morgan fingerprint density at radius 2 is 1.50 bits per heavy atom. The Bertz CT molecular complexity index is 365. The molecule has 0 atom stereocenters. The average molecular weight is 252 g/mol. The summed E-state index contributed by atoms with van der Waals surface area (Å²) in [5, 5.41) is 0. The maximum absolute atomic E-state index is 12.5. The van der Waals surface area contributed by atoms with Gasteiger partial charge in [0.1, 0.15) is 0 Å². The second-order valence-electron chi connectivity index (χ2n) is 6.88. The predicted octanol–water partition coefficient (Wildman–Crippen LogP) is 1.39. The van der Waals surface area contributed by atoms with Crippen LogP contribution in [-0.2, 0) is 9.59 Å². The van der Waals surface area contributed by atoms with Crippen molar-refractivity contribution in [2.45, 2.75) is 40.5 Å². The van der Waals surface area contributed by atoms with E-state index in [1.807, 2.05) is 4.90 Å². The van der Waals surface area contributed by atoms with Gasteiger partial charge in [0.25, 0.3) is 0 Å². The third-order valence-corrected chi connectivity index (χ3v) is 5.48. The molecule has 0 bridgehead atoms. The van der Waals surface area contributed by atoms with Gasteiger partial charge in [-0.1, -0.05) is 27.7 Å². The van der Waals surface area contributed by atoms with Gasteiger partial charge in [-0.3, -0.25) is 9.59 Å². The molecule has 1 saturated carbocycles. The molecular formula is C14H24N2O2. The zero-order valence-electron chi connectivity index (χ0n) is 11.8. The Morgan fingerprint density at radius 1 is 1.06 bits per heavy atom. The second-order valence-corrected chi connectivity index (χ2v) is 6.88. The molecule has 2 N–H and O–H groups in total. The number of nitrogens with zero attached hydrogens (tertiary/aromatic N) is 1. The number of likely N-dealkylation sites (tertiary alicyclic amines) is 1. The van der Waals surface area contributed by atoms with Crippen LogP contribution in [-0.4, -0.2) is 29.8 Å². The number of carbonyl (C=O) groups is 2. The summed E-state index contributed by atoms with van der Waals surface area (Å²) in [6.07, 6.45) is 1.43. The molecule has 1 saturated heterocycles. The van der Waals surface area contributed by atoms with Crippen molar-refractivity contribution in [3.8, 4) is 0 Å². The zero-order chi connectivity index (χ0) is 13.7. The number of piperidine rings is 1. The normalized spacial score (nSPS) is 27.0. The van der Waals surface area contributed by atoms with Gasteiger partial charge < -0.3 is 10.6 Å². The summed E-state index contributed by atoms with van der Waals surface area (Å²) in [5.74, 6) is 0.103. The van der Waals surface area contributed by atoms with E-state index in [9.17, 15) is 9.59 Å². The Kier molecular flexibility index (Phi) is 2.95. The molecule has 18 heavy (non-hydrogen) atoms. The van der Waals surface area contributed by atoms with Crippen molar-refractivity contribution < 1.29 is 9.59 Å². The molecule has 2 amide bonds. The van der Waals surface area contributed by atoms with Crippen LogP contribution in [0.3, 0.4) is 0 Å². The van der Waals surface area contributed by atoms with Gasteiger partial charge in [0.05, 0.1) is 0 Å². The molecule has 1 aliphatic heterocycles. The molecule has 0 spiro atoms. The Balaban J connectivity index is 1.96. The van der Waals surface area contributed by atoms with E-state index in [0.717, 1.165) is 0 Å². The van der Waals surface area contributed by atoms with Gasteiger partial charge in [0.2, 0.25) is 11.8 Å². The highest BCUT2D eigenvalue weighted by atomic mass is 16.2. The van der Waals surface area contributed by atoms with Crippen LogP contribution in [0.2, 0.25) is 0 Å². The first kappa shape index (κ1) is 13.4. The summed E-state index contributed by atoms with van der Waals surface area (Å²) >= 11 is 0. The van der Waals surface area contributed by atoms with E-state index in [2.05, 4.69) is 27.7 Å². The van der Waals surface area contributed by atoms with E-state index < -0.39 is 0 Å². The first-order chi connectivity index (χ1) is 8.19. The fourth-order valence-corrected chi connectivity index (χ4v) is 3.38. The van der Waals surface area contributed by atoms with Gasteiger partial charge in [-0.25, -0.2) is 0 Å². The molecule has 1 heterocycles. The minimum Gasteiger partial charge on any atom is -0.369 e. The van der Waals surface area contributed by atoms with Crippen LogP contribution < -0.4 is 5.73 Å². The molecule has 0 aromatic heterocycles. The van der Waals surface area contributed by atoms with Crippen LogP contribution in [0.1, 0.15) is 40.5 Å². The number of primary amides is 1. The molecule has 0 aromatic rings. The summed E-state index contributed by atoms with van der Waals surface area (Å²) in [7, 11) is 0. The fraction of sp³-hybridized carbons (Fsp3) is 0.857. The van der Waals surface area contributed by atoms with Crippen molar-refractivity contribution >= 4 is 11.8 Å². The van der Waals surface area contributed by atoms with Crippen molar-refractivity contribution in [2.75, 3.05) is 13.1 Å². The molecule has 4 nitrogen and oxygen atoms in total. The van der Waals surface area contributed by atoms with Crippen LogP contribution >= 0.6 is 0 Å². The SMILES string of the molecule is CC1(C)C(C(=O)N2CCC(C(N)=O)CC2)C1(C)C. The van der Waals surface area contributed by atoms with Gasteiger partial charge in [-0.05, 0) is 23.7 Å². The average Bonchev–Trinajstić information content (AvgIpc) is 2.69. The maximum atomic E-state index is 12.5. The highest BCUT2D eigenvalue weighted by Gasteiger charge is 2.68. The van der Waals surface area contributed by atoms with Crippen molar-refractivity contribution in [2.24, 2.45) is 28.4 Å². The van der Waals surface area contributed by atoms with Crippen LogP contribution in [0.15, 0.2) is 0 Å². The lowest BCUT2D eigenvalue weighted by Gasteiger charge is -2.31. The quantitative estimate of drug-likeness (QED) is 0.807. The monoisotopic (exact) mass is 252 g/mol. The van der Waals surface area contributed by atoms with Crippen molar-refractivity contribution in [3.63, 3.8) is 0 Å². The second kappa shape index (κ2) is 3.97. The molecule has 2 rings (SSSR count). The number of rotatable bonds is 2. The molecule has 2 aliphatic rings. The molecule has 102 valence electrons. The van der Waals surface area contributed by atoms with Crippen LogP contribution in [0.5, 0.6) is 0 Å². The minimum atomic E-state index is -0.228. The standard InChI is InChI=1S/C14H24N2O2/c1-13(2)10(14(13,3)4)12(18)16-7-5-9(6-8-16)11(15)17/h9-10H,5-8H2,1-4H3,(H2,15,17). The molecule has 0 radical (unpaired) electrons. The lowest BCUT2D eigenvalue weighted by atomic mass is 9.95. The number of carbonyl (C=O) groups excluding carboxylic acids is 2. The smallest absolute Gasteiger partial charge is 0.226 e. The highest BCUT2D eigenvalue weighted by Crippen LogP contribution is 2.68. The van der Waals surface area contributed by atoms with Gasteiger partial charge >= 0.3 is 0 Å². The van der Waals surface area contributed by atoms with E-state index in [4.69, 9.17) is 5.73 Å². The van der Waals surface area contributed by atoms with E-state index in [0.29, 0.717) is 25.9 Å².